The SMILES string of the molecule is Fc1ccccc1OCC(Nc1ccc2nnc(C(F)F)n2n1)c1ccccc1. The molecule has 0 radical (unpaired) electrons. The molecule has 2 heterocycles. The van der Waals surface area contributed by atoms with Gasteiger partial charge in [0, 0.05) is 0 Å². The van der Waals surface area contributed by atoms with Gasteiger partial charge < -0.3 is 10.1 Å². The number of nitrogens with one attached hydrogen (secondary N) is 1. The van der Waals surface area contributed by atoms with Gasteiger partial charge in [-0.1, -0.05) is 42.5 Å². The van der Waals surface area contributed by atoms with E-state index in [1.165, 1.54) is 18.2 Å². The average molecular weight is 399 g/mol. The molecule has 9 heteroatoms. The second kappa shape index (κ2) is 8.17. The van der Waals surface area contributed by atoms with Crippen LogP contribution in [0.5, 0.6) is 5.75 Å². The smallest absolute Gasteiger partial charge is 0.299 e. The Hall–Kier alpha value is -3.62. The van der Waals surface area contributed by atoms with Crippen LogP contribution >= 0.6 is 0 Å². The fraction of sp³-hybridized carbons (Fsp3) is 0.150. The third-order valence-corrected chi connectivity index (χ3v) is 4.25. The molecule has 1 atom stereocenters. The molecule has 0 bridgehead atoms. The predicted octanol–water partition coefficient (Wildman–Crippen LogP) is 4.43. The Bertz CT molecular complexity index is 1100. The number of hydrogen-bond donors (Lipinski definition) is 1. The van der Waals surface area contributed by atoms with Crippen LogP contribution in [-0.4, -0.2) is 26.4 Å². The molecule has 29 heavy (non-hydrogen) atoms. The maximum Gasteiger partial charge on any atom is 0.299 e. The van der Waals surface area contributed by atoms with Crippen LogP contribution in [0.25, 0.3) is 5.65 Å². The zero-order valence-corrected chi connectivity index (χ0v) is 15.0. The molecular weight excluding hydrogens is 383 g/mol. The van der Waals surface area contributed by atoms with Crippen LogP contribution in [0.3, 0.4) is 0 Å². The molecule has 0 fully saturated rings. The molecule has 148 valence electrons. The van der Waals surface area contributed by atoms with Gasteiger partial charge in [0.25, 0.3) is 6.43 Å². The van der Waals surface area contributed by atoms with E-state index in [-0.39, 0.29) is 18.0 Å². The number of benzene rings is 2. The number of halogens is 3. The van der Waals surface area contributed by atoms with Gasteiger partial charge in [-0.2, -0.15) is 4.52 Å². The summed E-state index contributed by atoms with van der Waals surface area (Å²) in [5.74, 6) is -0.560. The van der Waals surface area contributed by atoms with Gasteiger partial charge in [0.2, 0.25) is 5.82 Å². The summed E-state index contributed by atoms with van der Waals surface area (Å²) in [7, 11) is 0. The van der Waals surface area contributed by atoms with Gasteiger partial charge in [-0.05, 0) is 29.8 Å². The van der Waals surface area contributed by atoms with Gasteiger partial charge in [-0.15, -0.1) is 15.3 Å². The number of fused-ring (bicyclic) bond motifs is 1. The Balaban J connectivity index is 1.61. The monoisotopic (exact) mass is 399 g/mol. The molecule has 0 amide bonds. The van der Waals surface area contributed by atoms with Gasteiger partial charge in [0.05, 0.1) is 6.04 Å². The van der Waals surface area contributed by atoms with Crippen LogP contribution < -0.4 is 10.1 Å². The number of hydrogen-bond acceptors (Lipinski definition) is 5. The first kappa shape index (κ1) is 18.7. The number of aromatic nitrogens is 4. The quantitative estimate of drug-likeness (QED) is 0.498. The second-order valence-electron chi connectivity index (χ2n) is 6.20. The zero-order valence-electron chi connectivity index (χ0n) is 15.0. The molecule has 1 unspecified atom stereocenters. The normalized spacial score (nSPS) is 12.3. The van der Waals surface area contributed by atoms with Crippen LogP contribution in [0.1, 0.15) is 23.9 Å². The minimum Gasteiger partial charge on any atom is -0.488 e. The highest BCUT2D eigenvalue weighted by molar-refractivity contribution is 5.45. The van der Waals surface area contributed by atoms with Gasteiger partial charge in [0.1, 0.15) is 12.4 Å². The Morgan fingerprint density at radius 2 is 1.69 bits per heavy atom. The third-order valence-electron chi connectivity index (χ3n) is 4.25. The lowest BCUT2D eigenvalue weighted by atomic mass is 10.1. The first-order chi connectivity index (χ1) is 14.1. The summed E-state index contributed by atoms with van der Waals surface area (Å²) in [6.07, 6.45) is -2.80. The van der Waals surface area contributed by atoms with Crippen molar-refractivity contribution >= 4 is 11.5 Å². The van der Waals surface area contributed by atoms with E-state index in [1.54, 1.807) is 18.2 Å². The molecule has 2 aromatic heterocycles. The Morgan fingerprint density at radius 1 is 0.931 bits per heavy atom. The molecule has 0 aliphatic rings. The fourth-order valence-electron chi connectivity index (χ4n) is 2.84. The van der Waals surface area contributed by atoms with E-state index >= 15 is 0 Å². The number of ether oxygens (including phenoxy) is 1. The largest absolute Gasteiger partial charge is 0.488 e. The van der Waals surface area contributed by atoms with Crippen molar-refractivity contribution < 1.29 is 17.9 Å². The maximum absolute atomic E-state index is 13.9. The lowest BCUT2D eigenvalue weighted by molar-refractivity contribution is 0.137. The number of rotatable bonds is 7. The third kappa shape index (κ3) is 4.13. The fourth-order valence-corrected chi connectivity index (χ4v) is 2.84. The van der Waals surface area contributed by atoms with Crippen molar-refractivity contribution in [1.29, 1.82) is 0 Å². The van der Waals surface area contributed by atoms with E-state index in [1.807, 2.05) is 30.3 Å². The van der Waals surface area contributed by atoms with E-state index in [0.717, 1.165) is 10.1 Å². The minimum absolute atomic E-state index is 0.0918. The van der Waals surface area contributed by atoms with Crippen LogP contribution in [0, 0.1) is 5.82 Å². The predicted molar refractivity (Wildman–Crippen MR) is 100 cm³/mol. The number of nitrogens with zero attached hydrogens (tertiary/aromatic N) is 4. The highest BCUT2D eigenvalue weighted by Crippen LogP contribution is 2.23. The van der Waals surface area contributed by atoms with Crippen LogP contribution in [0.2, 0.25) is 0 Å². The van der Waals surface area contributed by atoms with Crippen molar-refractivity contribution in [3.63, 3.8) is 0 Å². The Morgan fingerprint density at radius 3 is 2.45 bits per heavy atom. The van der Waals surface area contributed by atoms with Crippen LogP contribution in [-0.2, 0) is 0 Å². The Kier molecular flexibility index (Phi) is 5.28. The van der Waals surface area contributed by atoms with Gasteiger partial charge in [-0.3, -0.25) is 0 Å². The van der Waals surface area contributed by atoms with Crippen molar-refractivity contribution in [1.82, 2.24) is 19.8 Å². The first-order valence-corrected chi connectivity index (χ1v) is 8.81. The summed E-state index contributed by atoms with van der Waals surface area (Å²) < 4.78 is 46.7. The average Bonchev–Trinajstić information content (AvgIpc) is 3.16. The second-order valence-corrected chi connectivity index (χ2v) is 6.20. The molecule has 4 rings (SSSR count). The van der Waals surface area contributed by atoms with Gasteiger partial charge >= 0.3 is 0 Å². The standard InChI is InChI=1S/C20H16F3N5O/c21-14-8-4-5-9-16(14)29-12-15(13-6-2-1-3-7-13)24-17-10-11-18-25-26-20(19(22)23)28(18)27-17/h1-11,15,19H,12H2,(H,24,27). The highest BCUT2D eigenvalue weighted by atomic mass is 19.3. The van der Waals surface area contributed by atoms with Crippen LogP contribution in [0.15, 0.2) is 66.7 Å². The molecule has 0 saturated carbocycles. The van der Waals surface area contributed by atoms with Crippen LogP contribution in [0.4, 0.5) is 19.0 Å². The summed E-state index contributed by atoms with van der Waals surface area (Å²) in [4.78, 5) is 0. The van der Waals surface area contributed by atoms with E-state index in [0.29, 0.717) is 5.82 Å². The summed E-state index contributed by atoms with van der Waals surface area (Å²) in [5.41, 5.74) is 1.08. The molecule has 4 aromatic rings. The van der Waals surface area contributed by atoms with Gasteiger partial charge in [0.15, 0.2) is 17.2 Å². The number of alkyl halides is 2. The summed E-state index contributed by atoms with van der Waals surface area (Å²) in [6, 6.07) is 18.2. The molecular formula is C20H16F3N5O. The first-order valence-electron chi connectivity index (χ1n) is 8.81. The molecule has 6 nitrogen and oxygen atoms in total. The van der Waals surface area contributed by atoms with Gasteiger partial charge in [-0.25, -0.2) is 13.2 Å². The van der Waals surface area contributed by atoms with E-state index in [2.05, 4.69) is 20.6 Å². The van der Waals surface area contributed by atoms with E-state index in [9.17, 15) is 13.2 Å². The topological polar surface area (TPSA) is 64.3 Å². The number of anilines is 1. The molecule has 0 spiro atoms. The number of para-hydroxylation sites is 1. The molecule has 0 aliphatic heterocycles. The lowest BCUT2D eigenvalue weighted by Crippen LogP contribution is -2.20. The summed E-state index contributed by atoms with van der Waals surface area (Å²) in [6.45, 7) is 0.0918. The lowest BCUT2D eigenvalue weighted by Gasteiger charge is -2.20. The van der Waals surface area contributed by atoms with E-state index < -0.39 is 24.1 Å². The minimum atomic E-state index is -2.80. The molecule has 0 aliphatic carbocycles. The Labute approximate surface area is 164 Å². The molecule has 1 N–H and O–H groups in total. The zero-order chi connectivity index (χ0) is 20.2. The summed E-state index contributed by atoms with van der Waals surface area (Å²) in [5, 5.41) is 14.5. The van der Waals surface area contributed by atoms with E-state index in [4.69, 9.17) is 4.74 Å². The van der Waals surface area contributed by atoms with Crippen molar-refractivity contribution in [3.8, 4) is 5.75 Å². The van der Waals surface area contributed by atoms with Crippen molar-refractivity contribution in [2.45, 2.75) is 12.5 Å². The van der Waals surface area contributed by atoms with Crippen molar-refractivity contribution in [2.75, 3.05) is 11.9 Å². The van der Waals surface area contributed by atoms with Crippen molar-refractivity contribution in [2.24, 2.45) is 0 Å². The maximum atomic E-state index is 13.9. The highest BCUT2D eigenvalue weighted by Gasteiger charge is 2.19. The summed E-state index contributed by atoms with van der Waals surface area (Å²) >= 11 is 0. The molecule has 2 aromatic carbocycles. The van der Waals surface area contributed by atoms with Crippen molar-refractivity contribution in [3.05, 3.63) is 83.9 Å². The molecule has 0 saturated heterocycles.